The highest BCUT2D eigenvalue weighted by Gasteiger charge is 2.19. The van der Waals surface area contributed by atoms with Crippen molar-refractivity contribution in [2.45, 2.75) is 38.6 Å². The number of hydrogen-bond acceptors (Lipinski definition) is 3. The molecule has 0 aliphatic rings. The molecule has 2 aromatic rings. The van der Waals surface area contributed by atoms with Gasteiger partial charge in [0.15, 0.2) is 15.8 Å². The molecule has 0 bridgehead atoms. The lowest BCUT2D eigenvalue weighted by Gasteiger charge is -2.26. The fourth-order valence-corrected chi connectivity index (χ4v) is 3.78. The fourth-order valence-electron chi connectivity index (χ4n) is 2.94. The fraction of sp³-hybridized carbons (Fsp3) is 0.409. The third-order valence-corrected chi connectivity index (χ3v) is 5.79. The molecule has 0 saturated heterocycles. The van der Waals surface area contributed by atoms with E-state index in [0.29, 0.717) is 11.4 Å². The quantitative estimate of drug-likeness (QED) is 0.278. The molecule has 166 valence electrons. The first-order chi connectivity index (χ1) is 13.6. The van der Waals surface area contributed by atoms with Crippen LogP contribution in [0, 0.1) is 5.41 Å². The Balaban J connectivity index is 0.00000450. The van der Waals surface area contributed by atoms with Crippen molar-refractivity contribution in [3.8, 4) is 0 Å². The molecule has 0 spiro atoms. The number of rotatable bonds is 8. The number of halogens is 2. The summed E-state index contributed by atoms with van der Waals surface area (Å²) >= 11 is 6.10. The van der Waals surface area contributed by atoms with E-state index in [2.05, 4.69) is 35.5 Å². The molecule has 8 heteroatoms. The summed E-state index contributed by atoms with van der Waals surface area (Å²) in [4.78, 5) is 4.94. The highest BCUT2D eigenvalue weighted by Crippen LogP contribution is 2.22. The summed E-state index contributed by atoms with van der Waals surface area (Å²) in [5.41, 5.74) is 2.17. The third-order valence-electron chi connectivity index (χ3n) is 4.42. The molecule has 5 nitrogen and oxygen atoms in total. The highest BCUT2D eigenvalue weighted by molar-refractivity contribution is 14.0. The van der Waals surface area contributed by atoms with E-state index in [1.54, 1.807) is 24.3 Å². The predicted molar refractivity (Wildman–Crippen MR) is 137 cm³/mol. The molecule has 0 atom stereocenters. The lowest BCUT2D eigenvalue weighted by Crippen LogP contribution is -2.42. The first-order valence-electron chi connectivity index (χ1n) is 9.65. The van der Waals surface area contributed by atoms with Crippen LogP contribution in [-0.2, 0) is 22.8 Å². The van der Waals surface area contributed by atoms with Gasteiger partial charge in [-0.05, 0) is 54.2 Å². The molecule has 0 heterocycles. The number of sulfone groups is 1. The molecule has 2 aromatic carbocycles. The Bertz CT molecular complexity index is 945. The van der Waals surface area contributed by atoms with Gasteiger partial charge in [-0.15, -0.1) is 24.0 Å². The molecular weight excluding hydrogens is 533 g/mol. The summed E-state index contributed by atoms with van der Waals surface area (Å²) < 4.78 is 23.1. The van der Waals surface area contributed by atoms with E-state index in [9.17, 15) is 8.42 Å². The third kappa shape index (κ3) is 9.22. The number of nitrogens with one attached hydrogen (secondary N) is 2. The number of guanidine groups is 1. The smallest absolute Gasteiger partial charge is 0.191 e. The number of hydrogen-bond donors (Lipinski definition) is 2. The van der Waals surface area contributed by atoms with Crippen molar-refractivity contribution < 1.29 is 8.42 Å². The summed E-state index contributed by atoms with van der Waals surface area (Å²) in [6.07, 6.45) is 2.10. The van der Waals surface area contributed by atoms with Crippen molar-refractivity contribution in [2.75, 3.05) is 19.3 Å². The topological polar surface area (TPSA) is 70.6 Å². The van der Waals surface area contributed by atoms with Crippen molar-refractivity contribution in [2.24, 2.45) is 10.4 Å². The lowest BCUT2D eigenvalue weighted by atomic mass is 9.86. The molecule has 30 heavy (non-hydrogen) atoms. The van der Waals surface area contributed by atoms with Gasteiger partial charge in [-0.3, -0.25) is 0 Å². The molecule has 0 amide bonds. The standard InChI is InChI=1S/C22H30ClN3O2S.HI/c1-5-24-21(25-15-17-9-11-20(12-10-17)29(4,27)28)26-16-22(2,3)14-18-7-6-8-19(23)13-18;/h6-13H,5,14-16H2,1-4H3,(H2,24,25,26);1H. The van der Waals surface area contributed by atoms with Gasteiger partial charge in [0, 0.05) is 24.4 Å². The van der Waals surface area contributed by atoms with Gasteiger partial charge in [-0.25, -0.2) is 13.4 Å². The molecule has 0 fully saturated rings. The minimum absolute atomic E-state index is 0. The summed E-state index contributed by atoms with van der Waals surface area (Å²) in [5, 5.41) is 7.42. The van der Waals surface area contributed by atoms with Crippen LogP contribution in [0.25, 0.3) is 0 Å². The Kier molecular flexibility index (Phi) is 10.6. The van der Waals surface area contributed by atoms with Crippen molar-refractivity contribution in [1.29, 1.82) is 0 Å². The molecule has 0 aliphatic carbocycles. The highest BCUT2D eigenvalue weighted by atomic mass is 127. The first kappa shape index (κ1) is 26.7. The van der Waals surface area contributed by atoms with Crippen molar-refractivity contribution in [3.05, 3.63) is 64.7 Å². The van der Waals surface area contributed by atoms with E-state index in [1.807, 2.05) is 25.1 Å². The van der Waals surface area contributed by atoms with E-state index in [1.165, 1.54) is 11.8 Å². The first-order valence-corrected chi connectivity index (χ1v) is 11.9. The van der Waals surface area contributed by atoms with E-state index in [-0.39, 0.29) is 29.4 Å². The van der Waals surface area contributed by atoms with Crippen molar-refractivity contribution in [1.82, 2.24) is 10.6 Å². The van der Waals surface area contributed by atoms with Crippen LogP contribution < -0.4 is 10.6 Å². The van der Waals surface area contributed by atoms with Crippen LogP contribution in [0.4, 0.5) is 0 Å². The minimum Gasteiger partial charge on any atom is -0.357 e. The summed E-state index contributed by atoms with van der Waals surface area (Å²) in [7, 11) is -3.18. The second-order valence-electron chi connectivity index (χ2n) is 7.94. The predicted octanol–water partition coefficient (Wildman–Crippen LogP) is 4.69. The van der Waals surface area contributed by atoms with Gasteiger partial charge in [0.1, 0.15) is 0 Å². The SMILES string of the molecule is CCNC(=NCc1ccc(S(C)(=O)=O)cc1)NCC(C)(C)Cc1cccc(Cl)c1.I. The zero-order valence-electron chi connectivity index (χ0n) is 17.9. The van der Waals surface area contributed by atoms with Crippen LogP contribution in [0.3, 0.4) is 0 Å². The Labute approximate surface area is 202 Å². The summed E-state index contributed by atoms with van der Waals surface area (Å²) in [5.74, 6) is 0.735. The lowest BCUT2D eigenvalue weighted by molar-refractivity contribution is 0.359. The maximum atomic E-state index is 11.6. The summed E-state index contributed by atoms with van der Waals surface area (Å²) in [6, 6.07) is 14.8. The molecule has 0 saturated carbocycles. The van der Waals surface area contributed by atoms with Crippen LogP contribution in [0.1, 0.15) is 31.9 Å². The molecule has 0 unspecified atom stereocenters. The van der Waals surface area contributed by atoms with E-state index < -0.39 is 9.84 Å². The monoisotopic (exact) mass is 563 g/mol. The Morgan fingerprint density at radius 2 is 1.73 bits per heavy atom. The number of nitrogens with zero attached hydrogens (tertiary/aromatic N) is 1. The van der Waals surface area contributed by atoms with Crippen LogP contribution >= 0.6 is 35.6 Å². The largest absolute Gasteiger partial charge is 0.357 e. The molecule has 0 radical (unpaired) electrons. The average molecular weight is 564 g/mol. The number of aliphatic imine (C=N–C) groups is 1. The van der Waals surface area contributed by atoms with Gasteiger partial charge >= 0.3 is 0 Å². The molecule has 0 aromatic heterocycles. The average Bonchev–Trinajstić information content (AvgIpc) is 2.63. The van der Waals surface area contributed by atoms with Crippen molar-refractivity contribution >= 4 is 51.4 Å². The Hall–Kier alpha value is -1.32. The Morgan fingerprint density at radius 1 is 1.07 bits per heavy atom. The second-order valence-corrected chi connectivity index (χ2v) is 10.4. The molecular formula is C22H31ClIN3O2S. The summed E-state index contributed by atoms with van der Waals surface area (Å²) in [6.45, 7) is 8.40. The Morgan fingerprint density at radius 3 is 2.30 bits per heavy atom. The normalized spacial score (nSPS) is 12.2. The molecule has 0 aliphatic heterocycles. The maximum Gasteiger partial charge on any atom is 0.191 e. The van der Waals surface area contributed by atoms with Crippen LogP contribution in [0.15, 0.2) is 58.4 Å². The van der Waals surface area contributed by atoms with Gasteiger partial charge in [0.25, 0.3) is 0 Å². The van der Waals surface area contributed by atoms with Crippen LogP contribution in [0.5, 0.6) is 0 Å². The van der Waals surface area contributed by atoms with Gasteiger partial charge in [0.05, 0.1) is 11.4 Å². The van der Waals surface area contributed by atoms with Gasteiger partial charge in [0.2, 0.25) is 0 Å². The molecule has 2 N–H and O–H groups in total. The van der Waals surface area contributed by atoms with Crippen LogP contribution in [-0.4, -0.2) is 33.7 Å². The molecule has 2 rings (SSSR count). The van der Waals surface area contributed by atoms with E-state index in [0.717, 1.165) is 36.1 Å². The van der Waals surface area contributed by atoms with E-state index >= 15 is 0 Å². The minimum atomic E-state index is -3.18. The number of benzene rings is 2. The maximum absolute atomic E-state index is 11.6. The van der Waals surface area contributed by atoms with Gasteiger partial charge in [-0.1, -0.05) is 49.7 Å². The zero-order chi connectivity index (χ0) is 21.5. The van der Waals surface area contributed by atoms with Crippen LogP contribution in [0.2, 0.25) is 5.02 Å². The van der Waals surface area contributed by atoms with Crippen molar-refractivity contribution in [3.63, 3.8) is 0 Å². The zero-order valence-corrected chi connectivity index (χ0v) is 21.8. The van der Waals surface area contributed by atoms with Gasteiger partial charge < -0.3 is 10.6 Å². The van der Waals surface area contributed by atoms with Gasteiger partial charge in [-0.2, -0.15) is 0 Å². The second kappa shape index (κ2) is 11.9. The van der Waals surface area contributed by atoms with E-state index in [4.69, 9.17) is 11.6 Å².